The van der Waals surface area contributed by atoms with E-state index >= 15 is 0 Å². The zero-order chi connectivity index (χ0) is 16.9. The SMILES string of the molecule is CN(C)CCCNC(=O)C1CCc2nc(-c3cccnc3)sc2C1. The summed E-state index contributed by atoms with van der Waals surface area (Å²) in [7, 11) is 4.10. The molecule has 1 N–H and O–H groups in total. The van der Waals surface area contributed by atoms with Crippen LogP contribution >= 0.6 is 11.3 Å². The third-order valence-corrected chi connectivity index (χ3v) is 5.47. The summed E-state index contributed by atoms with van der Waals surface area (Å²) in [6, 6.07) is 3.96. The largest absolute Gasteiger partial charge is 0.356 e. The lowest BCUT2D eigenvalue weighted by Gasteiger charge is -2.20. The molecule has 1 unspecified atom stereocenters. The third kappa shape index (κ3) is 4.19. The second kappa shape index (κ2) is 7.85. The van der Waals surface area contributed by atoms with Crippen molar-refractivity contribution in [2.75, 3.05) is 27.2 Å². The maximum Gasteiger partial charge on any atom is 0.223 e. The molecule has 2 heterocycles. The fourth-order valence-electron chi connectivity index (χ4n) is 2.96. The molecule has 5 nitrogen and oxygen atoms in total. The van der Waals surface area contributed by atoms with Gasteiger partial charge in [0.2, 0.25) is 5.91 Å². The van der Waals surface area contributed by atoms with Crippen LogP contribution in [0.3, 0.4) is 0 Å². The van der Waals surface area contributed by atoms with E-state index in [1.54, 1.807) is 17.5 Å². The number of hydrogen-bond acceptors (Lipinski definition) is 5. The molecule has 0 aromatic carbocycles. The van der Waals surface area contributed by atoms with Gasteiger partial charge in [-0.2, -0.15) is 0 Å². The fraction of sp³-hybridized carbons (Fsp3) is 0.500. The Morgan fingerprint density at radius 3 is 3.08 bits per heavy atom. The smallest absolute Gasteiger partial charge is 0.223 e. The number of aryl methyl sites for hydroxylation is 1. The summed E-state index contributed by atoms with van der Waals surface area (Å²) < 4.78 is 0. The third-order valence-electron chi connectivity index (χ3n) is 4.30. The predicted octanol–water partition coefficient (Wildman–Crippen LogP) is 2.38. The number of carbonyl (C=O) groups excluding carboxylic acids is 1. The number of rotatable bonds is 6. The Morgan fingerprint density at radius 1 is 1.46 bits per heavy atom. The van der Waals surface area contributed by atoms with Gasteiger partial charge in [0.15, 0.2) is 0 Å². The Morgan fingerprint density at radius 2 is 2.33 bits per heavy atom. The molecule has 0 saturated heterocycles. The summed E-state index contributed by atoms with van der Waals surface area (Å²) in [6.07, 6.45) is 7.20. The van der Waals surface area contributed by atoms with Crippen molar-refractivity contribution in [2.24, 2.45) is 5.92 Å². The number of thiazole rings is 1. The fourth-order valence-corrected chi connectivity index (χ4v) is 4.14. The minimum Gasteiger partial charge on any atom is -0.356 e. The molecule has 0 saturated carbocycles. The first-order valence-electron chi connectivity index (χ1n) is 8.45. The van der Waals surface area contributed by atoms with Gasteiger partial charge in [0.25, 0.3) is 0 Å². The molecule has 24 heavy (non-hydrogen) atoms. The van der Waals surface area contributed by atoms with Crippen LogP contribution in [0.4, 0.5) is 0 Å². The van der Waals surface area contributed by atoms with Crippen LogP contribution in [0.2, 0.25) is 0 Å². The number of carbonyl (C=O) groups is 1. The number of aromatic nitrogens is 2. The topological polar surface area (TPSA) is 58.1 Å². The van der Waals surface area contributed by atoms with Crippen molar-refractivity contribution < 1.29 is 4.79 Å². The second-order valence-electron chi connectivity index (χ2n) is 6.52. The normalized spacial score (nSPS) is 16.9. The number of nitrogens with zero attached hydrogens (tertiary/aromatic N) is 3. The summed E-state index contributed by atoms with van der Waals surface area (Å²) in [5.41, 5.74) is 2.22. The first-order valence-corrected chi connectivity index (χ1v) is 9.26. The van der Waals surface area contributed by atoms with Crippen LogP contribution in [-0.4, -0.2) is 48.0 Å². The summed E-state index contributed by atoms with van der Waals surface area (Å²) >= 11 is 1.70. The number of fused-ring (bicyclic) bond motifs is 1. The van der Waals surface area contributed by atoms with E-state index in [-0.39, 0.29) is 11.8 Å². The van der Waals surface area contributed by atoms with Gasteiger partial charge >= 0.3 is 0 Å². The Balaban J connectivity index is 1.58. The van der Waals surface area contributed by atoms with Crippen LogP contribution in [0.1, 0.15) is 23.4 Å². The molecular formula is C18H24N4OS. The molecule has 128 valence electrons. The number of nitrogens with one attached hydrogen (secondary N) is 1. The van der Waals surface area contributed by atoms with Crippen LogP contribution < -0.4 is 5.32 Å². The molecule has 0 bridgehead atoms. The predicted molar refractivity (Wildman–Crippen MR) is 97.0 cm³/mol. The molecule has 0 fully saturated rings. The Kier molecular flexibility index (Phi) is 5.58. The minimum absolute atomic E-state index is 0.0825. The highest BCUT2D eigenvalue weighted by Crippen LogP contribution is 2.34. The van der Waals surface area contributed by atoms with Crippen LogP contribution in [-0.2, 0) is 17.6 Å². The van der Waals surface area contributed by atoms with Gasteiger partial charge in [-0.05, 0) is 58.5 Å². The van der Waals surface area contributed by atoms with E-state index < -0.39 is 0 Å². The molecule has 2 aromatic heterocycles. The molecule has 3 rings (SSSR count). The van der Waals surface area contributed by atoms with Gasteiger partial charge in [0.1, 0.15) is 5.01 Å². The Labute approximate surface area is 147 Å². The summed E-state index contributed by atoms with van der Waals surface area (Å²) in [4.78, 5) is 24.7. The van der Waals surface area contributed by atoms with E-state index in [4.69, 9.17) is 4.98 Å². The lowest BCUT2D eigenvalue weighted by molar-refractivity contribution is -0.125. The van der Waals surface area contributed by atoms with Crippen LogP contribution in [0, 0.1) is 5.92 Å². The van der Waals surface area contributed by atoms with Gasteiger partial charge < -0.3 is 10.2 Å². The van der Waals surface area contributed by atoms with E-state index in [1.165, 1.54) is 4.88 Å². The highest BCUT2D eigenvalue weighted by atomic mass is 32.1. The molecule has 1 amide bonds. The van der Waals surface area contributed by atoms with E-state index in [9.17, 15) is 4.79 Å². The van der Waals surface area contributed by atoms with Gasteiger partial charge in [-0.1, -0.05) is 0 Å². The first-order chi connectivity index (χ1) is 11.6. The monoisotopic (exact) mass is 344 g/mol. The molecular weight excluding hydrogens is 320 g/mol. The van der Waals surface area contributed by atoms with Gasteiger partial charge in [-0.25, -0.2) is 4.98 Å². The van der Waals surface area contributed by atoms with Crippen LogP contribution in [0.25, 0.3) is 10.6 Å². The average molecular weight is 344 g/mol. The Bertz CT molecular complexity index is 684. The van der Waals surface area contributed by atoms with Crippen molar-refractivity contribution in [3.05, 3.63) is 35.1 Å². The van der Waals surface area contributed by atoms with Crippen molar-refractivity contribution in [2.45, 2.75) is 25.7 Å². The molecule has 6 heteroatoms. The van der Waals surface area contributed by atoms with Gasteiger partial charge in [0.05, 0.1) is 5.69 Å². The molecule has 1 aliphatic rings. The standard InChI is InChI=1S/C18H24N4OS/c1-22(2)10-4-9-20-17(23)13-6-7-15-16(11-13)24-18(21-15)14-5-3-8-19-12-14/h3,5,8,12-13H,4,6-7,9-11H2,1-2H3,(H,20,23). The zero-order valence-corrected chi connectivity index (χ0v) is 15.1. The van der Waals surface area contributed by atoms with Crippen molar-refractivity contribution in [3.63, 3.8) is 0 Å². The van der Waals surface area contributed by atoms with Crippen molar-refractivity contribution >= 4 is 17.2 Å². The van der Waals surface area contributed by atoms with Crippen LogP contribution in [0.5, 0.6) is 0 Å². The average Bonchev–Trinajstić information content (AvgIpc) is 3.02. The first kappa shape index (κ1) is 17.0. The lowest BCUT2D eigenvalue weighted by Crippen LogP contribution is -2.35. The quantitative estimate of drug-likeness (QED) is 0.818. The summed E-state index contributed by atoms with van der Waals surface area (Å²) in [5.74, 6) is 0.273. The number of pyridine rings is 1. The van der Waals surface area contributed by atoms with E-state index in [2.05, 4.69) is 15.2 Å². The zero-order valence-electron chi connectivity index (χ0n) is 14.3. The van der Waals surface area contributed by atoms with Gasteiger partial charge in [0, 0.05) is 35.3 Å². The van der Waals surface area contributed by atoms with Gasteiger partial charge in [-0.3, -0.25) is 9.78 Å². The maximum atomic E-state index is 12.4. The highest BCUT2D eigenvalue weighted by Gasteiger charge is 2.27. The lowest BCUT2D eigenvalue weighted by atomic mass is 9.90. The summed E-state index contributed by atoms with van der Waals surface area (Å²) in [6.45, 7) is 1.75. The van der Waals surface area contributed by atoms with E-state index in [1.807, 2.05) is 32.4 Å². The molecule has 1 atom stereocenters. The number of amides is 1. The van der Waals surface area contributed by atoms with Crippen molar-refractivity contribution in [1.29, 1.82) is 0 Å². The van der Waals surface area contributed by atoms with Crippen LogP contribution in [0.15, 0.2) is 24.5 Å². The van der Waals surface area contributed by atoms with E-state index in [0.717, 1.165) is 55.0 Å². The molecule has 0 aliphatic heterocycles. The molecule has 0 radical (unpaired) electrons. The van der Waals surface area contributed by atoms with Crippen molar-refractivity contribution in [1.82, 2.24) is 20.2 Å². The van der Waals surface area contributed by atoms with Gasteiger partial charge in [-0.15, -0.1) is 11.3 Å². The maximum absolute atomic E-state index is 12.4. The summed E-state index contributed by atoms with van der Waals surface area (Å²) in [5, 5.41) is 4.10. The molecule has 2 aromatic rings. The Hall–Kier alpha value is -1.79. The molecule has 0 spiro atoms. The number of hydrogen-bond donors (Lipinski definition) is 1. The van der Waals surface area contributed by atoms with Crippen molar-refractivity contribution in [3.8, 4) is 10.6 Å². The second-order valence-corrected chi connectivity index (χ2v) is 7.60. The highest BCUT2D eigenvalue weighted by molar-refractivity contribution is 7.15. The molecule has 1 aliphatic carbocycles. The minimum atomic E-state index is 0.0825. The van der Waals surface area contributed by atoms with E-state index in [0.29, 0.717) is 0 Å².